The third-order valence-electron chi connectivity index (χ3n) is 5.90. The second-order valence-corrected chi connectivity index (χ2v) is 8.12. The molecule has 5 rings (SSSR count). The number of nitrogens with one attached hydrogen (secondary N) is 2. The molecule has 158 valence electrons. The second kappa shape index (κ2) is 8.71. The molecule has 4 aromatic rings. The number of rotatable bonds is 8. The van der Waals surface area contributed by atoms with Crippen molar-refractivity contribution in [2.75, 3.05) is 0 Å². The minimum Gasteiger partial charge on any atom is -0.344 e. The van der Waals surface area contributed by atoms with Gasteiger partial charge in [0.2, 0.25) is 0 Å². The number of carbonyl (C=O) groups is 1. The maximum atomic E-state index is 12.6. The summed E-state index contributed by atoms with van der Waals surface area (Å²) in [5, 5.41) is 7.47. The number of hydrogen-bond acceptors (Lipinski definition) is 4. The quantitative estimate of drug-likeness (QED) is 0.427. The van der Waals surface area contributed by atoms with E-state index in [1.165, 1.54) is 5.56 Å². The smallest absolute Gasteiger partial charge is 0.255 e. The van der Waals surface area contributed by atoms with Crippen LogP contribution in [0.3, 0.4) is 0 Å². The minimum atomic E-state index is -0.0837. The SMILES string of the molecule is O=C(NC1CCc2cccnc21)c1cnn(CCCCCc2nc3ccccc3[nH]2)c1. The Morgan fingerprint density at radius 2 is 2.10 bits per heavy atom. The number of hydrogen-bond donors (Lipinski definition) is 2. The number of carbonyl (C=O) groups excluding carboxylic acids is 1. The highest BCUT2D eigenvalue weighted by Gasteiger charge is 2.25. The standard InChI is InChI=1S/C24H26N6O/c31-24(29-21-12-11-17-7-6-13-25-23(17)21)18-15-26-30(16-18)14-5-1-2-10-22-27-19-8-3-4-9-20(19)28-22/h3-4,6-9,13,15-16,21H,1-2,5,10-12,14H2,(H,27,28)(H,29,31). The first kappa shape index (κ1) is 19.5. The number of imidazole rings is 1. The van der Waals surface area contributed by atoms with Gasteiger partial charge in [0.25, 0.3) is 5.91 Å². The molecule has 0 saturated carbocycles. The largest absolute Gasteiger partial charge is 0.344 e. The molecule has 1 unspecified atom stereocenters. The molecule has 1 aliphatic rings. The minimum absolute atomic E-state index is 0.00898. The third kappa shape index (κ3) is 4.35. The van der Waals surface area contributed by atoms with Crippen molar-refractivity contribution < 1.29 is 4.79 Å². The Morgan fingerprint density at radius 3 is 3.03 bits per heavy atom. The Hall–Kier alpha value is -3.48. The highest BCUT2D eigenvalue weighted by molar-refractivity contribution is 5.94. The molecule has 7 nitrogen and oxygen atoms in total. The van der Waals surface area contributed by atoms with Crippen LogP contribution < -0.4 is 5.32 Å². The predicted molar refractivity (Wildman–Crippen MR) is 119 cm³/mol. The summed E-state index contributed by atoms with van der Waals surface area (Å²) in [4.78, 5) is 25.1. The normalized spacial score (nSPS) is 15.3. The van der Waals surface area contributed by atoms with Gasteiger partial charge in [-0.25, -0.2) is 4.98 Å². The molecule has 1 amide bonds. The van der Waals surface area contributed by atoms with Crippen LogP contribution in [-0.4, -0.2) is 30.6 Å². The maximum absolute atomic E-state index is 12.6. The Bertz CT molecular complexity index is 1160. The van der Waals surface area contributed by atoms with Crippen molar-refractivity contribution in [3.05, 3.63) is 77.6 Å². The van der Waals surface area contributed by atoms with Gasteiger partial charge in [0.1, 0.15) is 5.82 Å². The van der Waals surface area contributed by atoms with Gasteiger partial charge in [0.05, 0.1) is 34.5 Å². The summed E-state index contributed by atoms with van der Waals surface area (Å²) < 4.78 is 1.86. The van der Waals surface area contributed by atoms with Crippen molar-refractivity contribution in [2.24, 2.45) is 0 Å². The van der Waals surface area contributed by atoms with Crippen LogP contribution in [0.5, 0.6) is 0 Å². The van der Waals surface area contributed by atoms with Gasteiger partial charge in [0, 0.05) is 25.4 Å². The summed E-state index contributed by atoms with van der Waals surface area (Å²) in [6.07, 6.45) is 11.3. The number of aromatic nitrogens is 5. The van der Waals surface area contributed by atoms with E-state index in [0.717, 1.165) is 67.6 Å². The van der Waals surface area contributed by atoms with Gasteiger partial charge in [0.15, 0.2) is 0 Å². The molecule has 3 aromatic heterocycles. The lowest BCUT2D eigenvalue weighted by atomic mass is 10.2. The van der Waals surface area contributed by atoms with Crippen molar-refractivity contribution in [1.82, 2.24) is 30.0 Å². The van der Waals surface area contributed by atoms with E-state index in [0.29, 0.717) is 5.56 Å². The zero-order valence-electron chi connectivity index (χ0n) is 17.4. The fourth-order valence-corrected chi connectivity index (χ4v) is 4.26. The average molecular weight is 415 g/mol. The topological polar surface area (TPSA) is 88.5 Å². The summed E-state index contributed by atoms with van der Waals surface area (Å²) >= 11 is 0. The molecule has 7 heteroatoms. The Labute approximate surface area is 180 Å². The Kier molecular flexibility index (Phi) is 5.48. The fraction of sp³-hybridized carbons (Fsp3) is 0.333. The van der Waals surface area contributed by atoms with E-state index < -0.39 is 0 Å². The van der Waals surface area contributed by atoms with Crippen molar-refractivity contribution >= 4 is 16.9 Å². The molecule has 31 heavy (non-hydrogen) atoms. The number of pyridine rings is 1. The molecule has 2 N–H and O–H groups in total. The van der Waals surface area contributed by atoms with Crippen molar-refractivity contribution in [3.63, 3.8) is 0 Å². The summed E-state index contributed by atoms with van der Waals surface area (Å²) in [5.41, 5.74) is 4.94. The van der Waals surface area contributed by atoms with E-state index in [4.69, 9.17) is 0 Å². The number of aromatic amines is 1. The van der Waals surface area contributed by atoms with E-state index in [-0.39, 0.29) is 11.9 Å². The molecule has 1 aliphatic carbocycles. The van der Waals surface area contributed by atoms with Gasteiger partial charge in [-0.2, -0.15) is 5.10 Å². The lowest BCUT2D eigenvalue weighted by molar-refractivity contribution is 0.0936. The van der Waals surface area contributed by atoms with E-state index in [1.54, 1.807) is 12.4 Å². The summed E-state index contributed by atoms with van der Waals surface area (Å²) in [5.74, 6) is 0.960. The summed E-state index contributed by atoms with van der Waals surface area (Å²) in [7, 11) is 0. The molecule has 1 aromatic carbocycles. The summed E-state index contributed by atoms with van der Waals surface area (Å²) in [6.45, 7) is 0.807. The van der Waals surface area contributed by atoms with Crippen LogP contribution in [0.2, 0.25) is 0 Å². The lowest BCUT2D eigenvalue weighted by Gasteiger charge is -2.12. The van der Waals surface area contributed by atoms with Crippen LogP contribution in [0.4, 0.5) is 0 Å². The summed E-state index contributed by atoms with van der Waals surface area (Å²) in [6, 6.07) is 12.1. The van der Waals surface area contributed by atoms with Crippen molar-refractivity contribution in [3.8, 4) is 0 Å². The monoisotopic (exact) mass is 414 g/mol. The zero-order chi connectivity index (χ0) is 21.0. The van der Waals surface area contributed by atoms with Crippen LogP contribution in [0.25, 0.3) is 11.0 Å². The van der Waals surface area contributed by atoms with E-state index >= 15 is 0 Å². The molecule has 0 saturated heterocycles. The molecular formula is C24H26N6O. The predicted octanol–water partition coefficient (Wildman–Crippen LogP) is 3.98. The number of amides is 1. The van der Waals surface area contributed by atoms with Gasteiger partial charge in [-0.05, 0) is 49.4 Å². The van der Waals surface area contributed by atoms with Crippen LogP contribution in [0.1, 0.15) is 59.2 Å². The number of aryl methyl sites for hydroxylation is 3. The fourth-order valence-electron chi connectivity index (χ4n) is 4.26. The lowest BCUT2D eigenvalue weighted by Crippen LogP contribution is -2.27. The first-order valence-electron chi connectivity index (χ1n) is 11.0. The van der Waals surface area contributed by atoms with Crippen LogP contribution in [0, 0.1) is 0 Å². The van der Waals surface area contributed by atoms with Crippen LogP contribution in [-0.2, 0) is 19.4 Å². The molecule has 0 radical (unpaired) electrons. The van der Waals surface area contributed by atoms with Gasteiger partial charge in [-0.15, -0.1) is 0 Å². The van der Waals surface area contributed by atoms with Crippen LogP contribution in [0.15, 0.2) is 55.0 Å². The van der Waals surface area contributed by atoms with Gasteiger partial charge in [-0.3, -0.25) is 14.5 Å². The Morgan fingerprint density at radius 1 is 1.16 bits per heavy atom. The molecule has 1 atom stereocenters. The van der Waals surface area contributed by atoms with Crippen molar-refractivity contribution in [2.45, 2.75) is 51.1 Å². The number of para-hydroxylation sites is 2. The maximum Gasteiger partial charge on any atom is 0.255 e. The second-order valence-electron chi connectivity index (χ2n) is 8.12. The zero-order valence-corrected chi connectivity index (χ0v) is 17.4. The van der Waals surface area contributed by atoms with Crippen LogP contribution >= 0.6 is 0 Å². The first-order chi connectivity index (χ1) is 15.3. The van der Waals surface area contributed by atoms with Crippen molar-refractivity contribution in [1.29, 1.82) is 0 Å². The highest BCUT2D eigenvalue weighted by Crippen LogP contribution is 2.29. The third-order valence-corrected chi connectivity index (χ3v) is 5.90. The number of H-pyrrole nitrogens is 1. The van der Waals surface area contributed by atoms with Gasteiger partial charge >= 0.3 is 0 Å². The van der Waals surface area contributed by atoms with Gasteiger partial charge < -0.3 is 10.3 Å². The number of fused-ring (bicyclic) bond motifs is 2. The molecule has 0 spiro atoms. The molecule has 0 fully saturated rings. The van der Waals surface area contributed by atoms with E-state index in [2.05, 4.69) is 37.5 Å². The average Bonchev–Trinajstić information content (AvgIpc) is 3.52. The molecule has 0 bridgehead atoms. The van der Waals surface area contributed by atoms with E-state index in [1.807, 2.05) is 35.1 Å². The number of benzene rings is 1. The molecule has 0 aliphatic heterocycles. The van der Waals surface area contributed by atoms with Gasteiger partial charge in [-0.1, -0.05) is 24.6 Å². The first-order valence-corrected chi connectivity index (χ1v) is 11.0. The molecular weight excluding hydrogens is 388 g/mol. The Balaban J connectivity index is 1.07. The molecule has 3 heterocycles. The number of unbranched alkanes of at least 4 members (excludes halogenated alkanes) is 2. The number of nitrogens with zero attached hydrogens (tertiary/aromatic N) is 4. The van der Waals surface area contributed by atoms with E-state index in [9.17, 15) is 4.79 Å². The highest BCUT2D eigenvalue weighted by atomic mass is 16.1.